The molecule has 4 heteroatoms. The van der Waals surface area contributed by atoms with Crippen LogP contribution in [0, 0.1) is 11.7 Å². The molecule has 15 heavy (non-hydrogen) atoms. The van der Waals surface area contributed by atoms with Gasteiger partial charge in [-0.2, -0.15) is 0 Å². The molecule has 0 bridgehead atoms. The predicted octanol–water partition coefficient (Wildman–Crippen LogP) is 4.08. The van der Waals surface area contributed by atoms with Crippen molar-refractivity contribution in [2.75, 3.05) is 0 Å². The molecule has 0 aliphatic heterocycles. The first-order valence-electron chi connectivity index (χ1n) is 4.92. The Morgan fingerprint density at radius 3 is 2.67 bits per heavy atom. The van der Waals surface area contributed by atoms with Crippen LogP contribution in [0.25, 0.3) is 0 Å². The second kappa shape index (κ2) is 4.40. The van der Waals surface area contributed by atoms with Crippen molar-refractivity contribution in [3.05, 3.63) is 33.0 Å². The van der Waals surface area contributed by atoms with Crippen molar-refractivity contribution in [1.29, 1.82) is 0 Å². The quantitative estimate of drug-likeness (QED) is 0.815. The van der Waals surface area contributed by atoms with E-state index in [9.17, 15) is 9.50 Å². The van der Waals surface area contributed by atoms with E-state index in [0.717, 1.165) is 19.3 Å². The van der Waals surface area contributed by atoms with Gasteiger partial charge in [0.2, 0.25) is 0 Å². The lowest BCUT2D eigenvalue weighted by atomic mass is 9.79. The molecule has 0 amide bonds. The Morgan fingerprint density at radius 1 is 1.47 bits per heavy atom. The maximum Gasteiger partial charge on any atom is 0.130 e. The van der Waals surface area contributed by atoms with Crippen LogP contribution in [-0.4, -0.2) is 5.11 Å². The topological polar surface area (TPSA) is 20.2 Å². The van der Waals surface area contributed by atoms with Crippen molar-refractivity contribution >= 4 is 27.5 Å². The van der Waals surface area contributed by atoms with Gasteiger partial charge in [0.15, 0.2) is 0 Å². The molecule has 1 saturated carbocycles. The van der Waals surface area contributed by atoms with E-state index >= 15 is 0 Å². The number of rotatable bonds is 2. The van der Waals surface area contributed by atoms with Gasteiger partial charge in [0.05, 0.1) is 11.1 Å². The van der Waals surface area contributed by atoms with Gasteiger partial charge in [-0.25, -0.2) is 4.39 Å². The molecule has 1 aromatic rings. The van der Waals surface area contributed by atoms with E-state index in [0.29, 0.717) is 15.1 Å². The van der Waals surface area contributed by atoms with E-state index in [1.165, 1.54) is 12.1 Å². The highest BCUT2D eigenvalue weighted by atomic mass is 79.9. The molecule has 1 aromatic carbocycles. The van der Waals surface area contributed by atoms with E-state index in [1.807, 2.05) is 0 Å². The first kappa shape index (κ1) is 11.4. The molecule has 82 valence electrons. The zero-order chi connectivity index (χ0) is 11.0. The molecule has 2 rings (SSSR count). The van der Waals surface area contributed by atoms with E-state index in [-0.39, 0.29) is 5.92 Å². The Bertz CT molecular complexity index is 379. The van der Waals surface area contributed by atoms with E-state index in [1.54, 1.807) is 0 Å². The summed E-state index contributed by atoms with van der Waals surface area (Å²) >= 11 is 9.01. The summed E-state index contributed by atoms with van der Waals surface area (Å²) < 4.78 is 14.1. The van der Waals surface area contributed by atoms with Crippen molar-refractivity contribution in [2.24, 2.45) is 5.92 Å². The Labute approximate surface area is 101 Å². The highest BCUT2D eigenvalue weighted by Crippen LogP contribution is 2.40. The smallest absolute Gasteiger partial charge is 0.130 e. The third-order valence-electron chi connectivity index (χ3n) is 2.95. The van der Waals surface area contributed by atoms with Crippen molar-refractivity contribution < 1.29 is 9.50 Å². The van der Waals surface area contributed by atoms with Crippen molar-refractivity contribution in [1.82, 2.24) is 0 Å². The molecular weight excluding hydrogens is 282 g/mol. The monoisotopic (exact) mass is 292 g/mol. The number of halogens is 3. The Hall–Kier alpha value is -0.120. The fraction of sp³-hybridized carbons (Fsp3) is 0.455. The van der Waals surface area contributed by atoms with E-state index in [2.05, 4.69) is 15.9 Å². The maximum absolute atomic E-state index is 13.6. The number of aliphatic hydroxyl groups is 1. The summed E-state index contributed by atoms with van der Waals surface area (Å²) in [7, 11) is 0. The van der Waals surface area contributed by atoms with Crippen LogP contribution in [0.4, 0.5) is 4.39 Å². The largest absolute Gasteiger partial charge is 0.388 e. The molecular formula is C11H11BrClFO. The first-order valence-corrected chi connectivity index (χ1v) is 6.09. The summed E-state index contributed by atoms with van der Waals surface area (Å²) in [6.07, 6.45) is 2.33. The van der Waals surface area contributed by atoms with Gasteiger partial charge in [-0.1, -0.05) is 18.0 Å². The lowest BCUT2D eigenvalue weighted by Gasteiger charge is -2.30. The summed E-state index contributed by atoms with van der Waals surface area (Å²) in [4.78, 5) is 0. The van der Waals surface area contributed by atoms with Crippen LogP contribution in [0.3, 0.4) is 0 Å². The molecule has 0 aromatic heterocycles. The predicted molar refractivity (Wildman–Crippen MR) is 61.4 cm³/mol. The molecule has 0 heterocycles. The number of hydrogen-bond donors (Lipinski definition) is 1. The Morgan fingerprint density at radius 2 is 2.13 bits per heavy atom. The molecule has 1 nitrogen and oxygen atoms in total. The van der Waals surface area contributed by atoms with Gasteiger partial charge >= 0.3 is 0 Å². The fourth-order valence-electron chi connectivity index (χ4n) is 1.77. The SMILES string of the molecule is OC(c1cc(Cl)c(Br)cc1F)C1CCC1. The first-order chi connectivity index (χ1) is 7.09. The molecule has 1 fully saturated rings. The lowest BCUT2D eigenvalue weighted by molar-refractivity contribution is 0.0592. The van der Waals surface area contributed by atoms with Crippen LogP contribution in [0.1, 0.15) is 30.9 Å². The van der Waals surface area contributed by atoms with Crippen molar-refractivity contribution in [3.8, 4) is 0 Å². The van der Waals surface area contributed by atoms with Crippen LogP contribution in [0.2, 0.25) is 5.02 Å². The van der Waals surface area contributed by atoms with Gasteiger partial charge < -0.3 is 5.11 Å². The zero-order valence-corrected chi connectivity index (χ0v) is 10.4. The van der Waals surface area contributed by atoms with Crippen LogP contribution >= 0.6 is 27.5 Å². The minimum atomic E-state index is -0.718. The molecule has 0 spiro atoms. The summed E-state index contributed by atoms with van der Waals surface area (Å²) in [5.74, 6) is -0.206. The highest BCUT2D eigenvalue weighted by Gasteiger charge is 2.29. The third-order valence-corrected chi connectivity index (χ3v) is 4.15. The van der Waals surface area contributed by atoms with Crippen LogP contribution in [0.15, 0.2) is 16.6 Å². The molecule has 1 atom stereocenters. The number of hydrogen-bond acceptors (Lipinski definition) is 1. The summed E-state index contributed by atoms with van der Waals surface area (Å²) in [6, 6.07) is 2.81. The second-order valence-electron chi connectivity index (χ2n) is 3.92. The third kappa shape index (κ3) is 2.19. The van der Waals surface area contributed by atoms with E-state index < -0.39 is 11.9 Å². The van der Waals surface area contributed by atoms with Gasteiger partial charge in [-0.15, -0.1) is 0 Å². The summed E-state index contributed by atoms with van der Waals surface area (Å²) in [5.41, 5.74) is 0.313. The molecule has 1 unspecified atom stereocenters. The standard InChI is InChI=1S/C11H11BrClFO/c12-8-5-10(14)7(4-9(8)13)11(15)6-2-1-3-6/h4-6,11,15H,1-3H2. The average Bonchev–Trinajstić information content (AvgIpc) is 2.08. The van der Waals surface area contributed by atoms with Gasteiger partial charge in [0.1, 0.15) is 5.82 Å². The van der Waals surface area contributed by atoms with Gasteiger partial charge in [-0.05, 0) is 46.8 Å². The molecule has 1 aliphatic carbocycles. The molecule has 0 radical (unpaired) electrons. The molecule has 1 aliphatic rings. The van der Waals surface area contributed by atoms with Crippen molar-refractivity contribution in [2.45, 2.75) is 25.4 Å². The fourth-order valence-corrected chi connectivity index (χ4v) is 2.26. The Kier molecular flexibility index (Phi) is 3.33. The second-order valence-corrected chi connectivity index (χ2v) is 5.19. The zero-order valence-electron chi connectivity index (χ0n) is 8.01. The highest BCUT2D eigenvalue weighted by molar-refractivity contribution is 9.10. The maximum atomic E-state index is 13.6. The minimum Gasteiger partial charge on any atom is -0.388 e. The van der Waals surface area contributed by atoms with Crippen molar-refractivity contribution in [3.63, 3.8) is 0 Å². The average molecular weight is 294 g/mol. The Balaban J connectivity index is 2.30. The van der Waals surface area contributed by atoms with Gasteiger partial charge in [0, 0.05) is 10.0 Å². The van der Waals surface area contributed by atoms with Crippen LogP contribution < -0.4 is 0 Å². The van der Waals surface area contributed by atoms with Gasteiger partial charge in [0.25, 0.3) is 0 Å². The number of benzene rings is 1. The molecule has 1 N–H and O–H groups in total. The normalized spacial score (nSPS) is 18.7. The molecule has 0 saturated heterocycles. The van der Waals surface area contributed by atoms with Gasteiger partial charge in [-0.3, -0.25) is 0 Å². The summed E-state index contributed by atoms with van der Waals surface area (Å²) in [5, 5.41) is 10.4. The number of aliphatic hydroxyl groups excluding tert-OH is 1. The van der Waals surface area contributed by atoms with E-state index in [4.69, 9.17) is 11.6 Å². The summed E-state index contributed by atoms with van der Waals surface area (Å²) in [6.45, 7) is 0. The van der Waals surface area contributed by atoms with Crippen LogP contribution in [0.5, 0.6) is 0 Å². The lowest BCUT2D eigenvalue weighted by Crippen LogP contribution is -2.20. The minimum absolute atomic E-state index is 0.191. The van der Waals surface area contributed by atoms with Crippen LogP contribution in [-0.2, 0) is 0 Å².